The first-order chi connectivity index (χ1) is 13.5. The Morgan fingerprint density at radius 2 is 1.96 bits per heavy atom. The second-order valence-corrected chi connectivity index (χ2v) is 8.89. The van der Waals surface area contributed by atoms with Gasteiger partial charge < -0.3 is 14.4 Å². The van der Waals surface area contributed by atoms with E-state index in [0.717, 1.165) is 44.5 Å². The van der Waals surface area contributed by atoms with Crippen LogP contribution in [-0.4, -0.2) is 57.5 Å². The third-order valence-electron chi connectivity index (χ3n) is 6.53. The fourth-order valence-electron chi connectivity index (χ4n) is 5.06. The average molecular weight is 383 g/mol. The highest BCUT2D eigenvalue weighted by molar-refractivity contribution is 5.77. The van der Waals surface area contributed by atoms with Crippen LogP contribution in [0.3, 0.4) is 0 Å². The average Bonchev–Trinajstić information content (AvgIpc) is 3.30. The summed E-state index contributed by atoms with van der Waals surface area (Å²) in [6.45, 7) is 10.6. The van der Waals surface area contributed by atoms with E-state index < -0.39 is 0 Å². The number of nitrogens with zero attached hydrogens (tertiary/aromatic N) is 4. The van der Waals surface area contributed by atoms with Crippen molar-refractivity contribution in [3.05, 3.63) is 30.1 Å². The van der Waals surface area contributed by atoms with Gasteiger partial charge in [-0.2, -0.15) is 0 Å². The number of hydrogen-bond acceptors (Lipinski definition) is 3. The van der Waals surface area contributed by atoms with Crippen molar-refractivity contribution in [2.24, 2.45) is 0 Å². The number of aromatic nitrogens is 2. The predicted octanol–water partition coefficient (Wildman–Crippen LogP) is 4.20. The molecule has 5 heteroatoms. The van der Waals surface area contributed by atoms with Crippen LogP contribution in [0.15, 0.2) is 24.3 Å². The second-order valence-electron chi connectivity index (χ2n) is 8.89. The first-order valence-electron chi connectivity index (χ1n) is 11.0. The van der Waals surface area contributed by atoms with Crippen LogP contribution in [0.1, 0.15) is 70.7 Å². The number of carbonyl (C=O) groups excluding carboxylic acids is 1. The summed E-state index contributed by atoms with van der Waals surface area (Å²) in [4.78, 5) is 22.2. The summed E-state index contributed by atoms with van der Waals surface area (Å²) in [6.07, 6.45) is 5.33. The summed E-state index contributed by atoms with van der Waals surface area (Å²) >= 11 is 0. The van der Waals surface area contributed by atoms with Crippen molar-refractivity contribution in [1.29, 1.82) is 0 Å². The number of hydrogen-bond donors (Lipinski definition) is 0. The van der Waals surface area contributed by atoms with E-state index in [1.807, 2.05) is 0 Å². The Balaban J connectivity index is 1.45. The number of para-hydroxylation sites is 2. The lowest BCUT2D eigenvalue weighted by Crippen LogP contribution is -2.40. The molecular weight excluding hydrogens is 348 g/mol. The number of likely N-dealkylation sites (tertiary alicyclic amines) is 2. The number of fused-ring (bicyclic) bond motifs is 1. The lowest BCUT2D eigenvalue weighted by molar-refractivity contribution is -0.132. The molecule has 1 aromatic heterocycles. The minimum absolute atomic E-state index is 0.335. The molecule has 0 spiro atoms. The van der Waals surface area contributed by atoms with Crippen LogP contribution >= 0.6 is 0 Å². The van der Waals surface area contributed by atoms with Gasteiger partial charge in [0, 0.05) is 44.1 Å². The molecule has 0 radical (unpaired) electrons. The molecule has 2 atom stereocenters. The molecule has 2 aliphatic heterocycles. The van der Waals surface area contributed by atoms with Crippen molar-refractivity contribution in [1.82, 2.24) is 19.4 Å². The Morgan fingerprint density at radius 1 is 1.18 bits per heavy atom. The molecule has 0 saturated carbocycles. The third-order valence-corrected chi connectivity index (χ3v) is 6.53. The maximum Gasteiger partial charge on any atom is 0.224 e. The predicted molar refractivity (Wildman–Crippen MR) is 114 cm³/mol. The summed E-state index contributed by atoms with van der Waals surface area (Å²) in [5, 5.41) is 0. The standard InChI is InChI=1S/C23H34N4O/c1-17(2)27-21-11-5-4-10-20(21)24-23(27)19-9-7-13-25(16-19)15-12-22(28)26-14-6-8-18(26)3/h4-5,10-11,17-19H,6-9,12-16H2,1-3H3/t18-,19+/m0/s1. The van der Waals surface area contributed by atoms with E-state index in [0.29, 0.717) is 30.3 Å². The number of carbonyl (C=O) groups is 1. The summed E-state index contributed by atoms with van der Waals surface area (Å²) in [5.41, 5.74) is 2.34. The molecule has 2 saturated heterocycles. The molecule has 152 valence electrons. The van der Waals surface area contributed by atoms with Gasteiger partial charge in [-0.3, -0.25) is 4.79 Å². The van der Waals surface area contributed by atoms with Crippen LogP contribution in [0.5, 0.6) is 0 Å². The van der Waals surface area contributed by atoms with Crippen LogP contribution in [0.2, 0.25) is 0 Å². The smallest absolute Gasteiger partial charge is 0.224 e. The molecule has 28 heavy (non-hydrogen) atoms. The highest BCUT2D eigenvalue weighted by atomic mass is 16.2. The maximum atomic E-state index is 12.6. The molecular formula is C23H34N4O. The SMILES string of the molecule is CC(C)n1c([C@@H]2CCCN(CCC(=O)N3CCC[C@@H]3C)C2)nc2ccccc21. The summed E-state index contributed by atoms with van der Waals surface area (Å²) in [5.74, 6) is 2.01. The fraction of sp³-hybridized carbons (Fsp3) is 0.652. The maximum absolute atomic E-state index is 12.6. The Labute approximate surface area is 168 Å². The normalized spacial score (nSPS) is 23.8. The number of amides is 1. The van der Waals surface area contributed by atoms with Crippen LogP contribution in [0, 0.1) is 0 Å². The molecule has 0 N–H and O–H groups in total. The quantitative estimate of drug-likeness (QED) is 0.778. The minimum atomic E-state index is 0.335. The lowest BCUT2D eigenvalue weighted by Gasteiger charge is -2.33. The fourth-order valence-corrected chi connectivity index (χ4v) is 5.06. The van der Waals surface area contributed by atoms with Crippen molar-refractivity contribution in [3.8, 4) is 0 Å². The topological polar surface area (TPSA) is 41.4 Å². The summed E-state index contributed by atoms with van der Waals surface area (Å²) in [7, 11) is 0. The van der Waals surface area contributed by atoms with Crippen LogP contribution in [0.25, 0.3) is 11.0 Å². The molecule has 2 fully saturated rings. The van der Waals surface area contributed by atoms with Crippen LogP contribution in [-0.2, 0) is 4.79 Å². The molecule has 0 bridgehead atoms. The highest BCUT2D eigenvalue weighted by Crippen LogP contribution is 2.31. The zero-order valence-corrected chi connectivity index (χ0v) is 17.6. The molecule has 0 aliphatic carbocycles. The van der Waals surface area contributed by atoms with Crippen molar-refractivity contribution in [3.63, 3.8) is 0 Å². The van der Waals surface area contributed by atoms with Crippen LogP contribution < -0.4 is 0 Å². The van der Waals surface area contributed by atoms with Gasteiger partial charge in [-0.1, -0.05) is 12.1 Å². The zero-order valence-electron chi connectivity index (χ0n) is 17.6. The van der Waals surface area contributed by atoms with E-state index in [2.05, 4.69) is 59.4 Å². The van der Waals surface area contributed by atoms with E-state index in [9.17, 15) is 4.79 Å². The van der Waals surface area contributed by atoms with Crippen molar-refractivity contribution < 1.29 is 4.79 Å². The largest absolute Gasteiger partial charge is 0.340 e. The Hall–Kier alpha value is -1.88. The number of imidazole rings is 1. The van der Waals surface area contributed by atoms with Gasteiger partial charge in [-0.05, 0) is 65.1 Å². The van der Waals surface area contributed by atoms with E-state index in [1.165, 1.54) is 24.2 Å². The Kier molecular flexibility index (Phi) is 5.72. The molecule has 4 rings (SSSR count). The van der Waals surface area contributed by atoms with E-state index in [-0.39, 0.29) is 0 Å². The third kappa shape index (κ3) is 3.82. The second kappa shape index (κ2) is 8.24. The van der Waals surface area contributed by atoms with Gasteiger partial charge in [-0.15, -0.1) is 0 Å². The Bertz CT molecular complexity index is 827. The van der Waals surface area contributed by atoms with Crippen LogP contribution in [0.4, 0.5) is 0 Å². The van der Waals surface area contributed by atoms with Gasteiger partial charge in [0.1, 0.15) is 5.82 Å². The van der Waals surface area contributed by atoms with Gasteiger partial charge >= 0.3 is 0 Å². The van der Waals surface area contributed by atoms with Gasteiger partial charge in [0.25, 0.3) is 0 Å². The molecule has 1 aromatic carbocycles. The van der Waals surface area contributed by atoms with E-state index >= 15 is 0 Å². The summed E-state index contributed by atoms with van der Waals surface area (Å²) < 4.78 is 2.42. The molecule has 5 nitrogen and oxygen atoms in total. The minimum Gasteiger partial charge on any atom is -0.340 e. The lowest BCUT2D eigenvalue weighted by atomic mass is 9.96. The number of piperidine rings is 1. The number of rotatable bonds is 5. The molecule has 2 aromatic rings. The summed E-state index contributed by atoms with van der Waals surface area (Å²) in [6, 6.07) is 9.30. The van der Waals surface area contributed by atoms with Crippen molar-refractivity contribution in [2.75, 3.05) is 26.2 Å². The molecule has 3 heterocycles. The molecule has 2 aliphatic rings. The van der Waals surface area contributed by atoms with Gasteiger partial charge in [0.05, 0.1) is 11.0 Å². The molecule has 1 amide bonds. The van der Waals surface area contributed by atoms with Crippen molar-refractivity contribution >= 4 is 16.9 Å². The van der Waals surface area contributed by atoms with Crippen molar-refractivity contribution in [2.45, 2.75) is 70.9 Å². The van der Waals surface area contributed by atoms with Gasteiger partial charge in [-0.25, -0.2) is 4.98 Å². The Morgan fingerprint density at radius 3 is 2.71 bits per heavy atom. The first kappa shape index (κ1) is 19.4. The van der Waals surface area contributed by atoms with Gasteiger partial charge in [0.15, 0.2) is 0 Å². The zero-order chi connectivity index (χ0) is 19.7. The van der Waals surface area contributed by atoms with Gasteiger partial charge in [0.2, 0.25) is 5.91 Å². The first-order valence-corrected chi connectivity index (χ1v) is 11.0. The highest BCUT2D eigenvalue weighted by Gasteiger charge is 2.29. The number of benzene rings is 1. The van der Waals surface area contributed by atoms with E-state index in [4.69, 9.17) is 4.98 Å². The monoisotopic (exact) mass is 382 g/mol. The van der Waals surface area contributed by atoms with E-state index in [1.54, 1.807) is 0 Å². The molecule has 0 unspecified atom stereocenters.